The molecule has 2 rings (SSSR count). The molecule has 1 aliphatic rings. The van der Waals surface area contributed by atoms with E-state index in [0.717, 1.165) is 16.6 Å². The number of nitrogens with two attached hydrogens (primary N) is 1. The second-order valence-corrected chi connectivity index (χ2v) is 6.22. The Morgan fingerprint density at radius 2 is 2.29 bits per heavy atom. The van der Waals surface area contributed by atoms with Crippen molar-refractivity contribution in [3.05, 3.63) is 33.5 Å². The zero-order valence-corrected chi connectivity index (χ0v) is 12.9. The predicted octanol–water partition coefficient (Wildman–Crippen LogP) is 1.62. The summed E-state index contributed by atoms with van der Waals surface area (Å²) < 4.78 is 4.87. The van der Waals surface area contributed by atoms with Gasteiger partial charge in [-0.3, -0.25) is 4.99 Å². The minimum absolute atomic E-state index is 0.0284. The van der Waals surface area contributed by atoms with Crippen LogP contribution in [0.4, 0.5) is 0 Å². The second-order valence-electron chi connectivity index (χ2n) is 4.05. The molecule has 0 fully saturated rings. The van der Waals surface area contributed by atoms with E-state index in [2.05, 4.69) is 4.99 Å². The first-order valence-electron chi connectivity index (χ1n) is 6.18. The Kier molecular flexibility index (Phi) is 5.16. The molecule has 0 aromatic carbocycles. The third kappa shape index (κ3) is 3.52. The third-order valence-corrected chi connectivity index (χ3v) is 4.58. The van der Waals surface area contributed by atoms with E-state index in [0.29, 0.717) is 6.54 Å². The average Bonchev–Trinajstić information content (AvgIpc) is 3.03. The van der Waals surface area contributed by atoms with Gasteiger partial charge < -0.3 is 15.6 Å². The highest BCUT2D eigenvalue weighted by Crippen LogP contribution is 2.33. The molecule has 0 aliphatic carbocycles. The van der Waals surface area contributed by atoms with Crippen LogP contribution in [-0.2, 0) is 20.9 Å². The van der Waals surface area contributed by atoms with Crippen molar-refractivity contribution >= 4 is 40.1 Å². The fourth-order valence-electron chi connectivity index (χ4n) is 1.80. The van der Waals surface area contributed by atoms with E-state index in [1.165, 1.54) is 11.3 Å². The number of hydrogen-bond acceptors (Lipinski definition) is 7. The Morgan fingerprint density at radius 1 is 1.52 bits per heavy atom. The second kappa shape index (κ2) is 6.88. The topological polar surface area (TPSA) is 102 Å². The van der Waals surface area contributed by atoms with Crippen LogP contribution in [0.1, 0.15) is 11.8 Å². The van der Waals surface area contributed by atoms with Gasteiger partial charge in [0.25, 0.3) is 0 Å². The molecule has 1 aromatic heterocycles. The minimum atomic E-state index is -1.22. The number of nitrogens with zero attached hydrogens (tertiary/aromatic N) is 1. The van der Waals surface area contributed by atoms with Crippen LogP contribution in [0.3, 0.4) is 0 Å². The molecule has 0 saturated heterocycles. The Bertz CT molecular complexity index is 608. The smallest absolute Gasteiger partial charge is 0.339 e. The molecule has 1 unspecified atom stereocenters. The zero-order chi connectivity index (χ0) is 15.4. The zero-order valence-electron chi connectivity index (χ0n) is 11.2. The van der Waals surface area contributed by atoms with E-state index in [9.17, 15) is 14.7 Å². The van der Waals surface area contributed by atoms with Crippen LogP contribution in [0.5, 0.6) is 0 Å². The number of rotatable bonds is 5. The van der Waals surface area contributed by atoms with Gasteiger partial charge in [-0.15, -0.1) is 11.3 Å². The van der Waals surface area contributed by atoms with Crippen molar-refractivity contribution in [2.45, 2.75) is 18.8 Å². The SMILES string of the molecule is CCOC(=O)C1=C(C(=O)O)C(=NCc2cccs2)SC1N. The van der Waals surface area contributed by atoms with Crippen LogP contribution in [0.25, 0.3) is 0 Å². The summed E-state index contributed by atoms with van der Waals surface area (Å²) >= 11 is 2.59. The molecule has 6 nitrogen and oxygen atoms in total. The van der Waals surface area contributed by atoms with Crippen molar-refractivity contribution < 1.29 is 19.4 Å². The van der Waals surface area contributed by atoms with Gasteiger partial charge in [-0.25, -0.2) is 9.59 Å². The summed E-state index contributed by atoms with van der Waals surface area (Å²) in [7, 11) is 0. The maximum atomic E-state index is 11.9. The predicted molar refractivity (Wildman–Crippen MR) is 82.3 cm³/mol. The molecule has 3 N–H and O–H groups in total. The van der Waals surface area contributed by atoms with E-state index >= 15 is 0 Å². The number of thioether (sulfide) groups is 1. The highest BCUT2D eigenvalue weighted by atomic mass is 32.2. The number of carboxylic acids is 1. The quantitative estimate of drug-likeness (QED) is 0.797. The van der Waals surface area contributed by atoms with Crippen LogP contribution in [0.2, 0.25) is 0 Å². The minimum Gasteiger partial charge on any atom is -0.478 e. The van der Waals surface area contributed by atoms with Crippen molar-refractivity contribution in [3.8, 4) is 0 Å². The standard InChI is InChI=1S/C13H14N2O4S2/c1-2-19-13(18)8-9(12(16)17)11(21-10(8)14)15-6-7-4-3-5-20-7/h3-5,10H,2,6,14H2,1H3,(H,16,17). The molecule has 0 spiro atoms. The van der Waals surface area contributed by atoms with Crippen molar-refractivity contribution in [1.29, 1.82) is 0 Å². The normalized spacial score (nSPS) is 20.1. The number of ether oxygens (including phenoxy) is 1. The molecule has 0 saturated carbocycles. The number of esters is 1. The molecule has 0 amide bonds. The van der Waals surface area contributed by atoms with E-state index < -0.39 is 17.3 Å². The summed E-state index contributed by atoms with van der Waals surface area (Å²) in [6.07, 6.45) is 0. The van der Waals surface area contributed by atoms with Crippen LogP contribution in [0.15, 0.2) is 33.7 Å². The van der Waals surface area contributed by atoms with Gasteiger partial charge in [-0.2, -0.15) is 0 Å². The Morgan fingerprint density at radius 3 is 2.86 bits per heavy atom. The van der Waals surface area contributed by atoms with Crippen molar-refractivity contribution in [2.75, 3.05) is 6.61 Å². The lowest BCUT2D eigenvalue weighted by atomic mass is 10.1. The summed E-state index contributed by atoms with van der Waals surface area (Å²) in [6.45, 7) is 2.17. The van der Waals surface area contributed by atoms with Crippen LogP contribution in [0, 0.1) is 0 Å². The first-order valence-corrected chi connectivity index (χ1v) is 7.94. The van der Waals surface area contributed by atoms with Gasteiger partial charge >= 0.3 is 11.9 Å². The van der Waals surface area contributed by atoms with Crippen LogP contribution < -0.4 is 5.73 Å². The van der Waals surface area contributed by atoms with E-state index in [-0.39, 0.29) is 22.8 Å². The number of carbonyl (C=O) groups excluding carboxylic acids is 1. The Balaban J connectivity index is 2.32. The Hall–Kier alpha value is -1.64. The molecule has 112 valence electrons. The molecular weight excluding hydrogens is 312 g/mol. The number of carboxylic acid groups (broad SMARTS) is 1. The van der Waals surface area contributed by atoms with Crippen molar-refractivity contribution in [2.24, 2.45) is 10.7 Å². The highest BCUT2D eigenvalue weighted by molar-refractivity contribution is 8.15. The van der Waals surface area contributed by atoms with E-state index in [4.69, 9.17) is 10.5 Å². The first kappa shape index (κ1) is 15.7. The third-order valence-electron chi connectivity index (χ3n) is 2.67. The lowest BCUT2D eigenvalue weighted by molar-refractivity contribution is -0.139. The fourth-order valence-corrected chi connectivity index (χ4v) is 3.45. The monoisotopic (exact) mass is 326 g/mol. The molecule has 2 heterocycles. The maximum Gasteiger partial charge on any atom is 0.339 e. The van der Waals surface area contributed by atoms with Crippen molar-refractivity contribution in [3.63, 3.8) is 0 Å². The summed E-state index contributed by atoms with van der Waals surface area (Å²) in [5, 5.41) is 10.8. The van der Waals surface area contributed by atoms with Gasteiger partial charge in [0, 0.05) is 4.88 Å². The molecule has 0 radical (unpaired) electrons. The van der Waals surface area contributed by atoms with Gasteiger partial charge in [-0.1, -0.05) is 17.8 Å². The lowest BCUT2D eigenvalue weighted by Crippen LogP contribution is -2.24. The molecule has 8 heteroatoms. The summed E-state index contributed by atoms with van der Waals surface area (Å²) in [6, 6.07) is 3.80. The first-order chi connectivity index (χ1) is 10.0. The number of hydrogen-bond donors (Lipinski definition) is 2. The summed E-state index contributed by atoms with van der Waals surface area (Å²) in [4.78, 5) is 28.6. The van der Waals surface area contributed by atoms with Gasteiger partial charge in [0.2, 0.25) is 0 Å². The van der Waals surface area contributed by atoms with E-state index in [1.54, 1.807) is 6.92 Å². The Labute approximate surface area is 129 Å². The summed E-state index contributed by atoms with van der Waals surface area (Å²) in [5.74, 6) is -1.92. The summed E-state index contributed by atoms with van der Waals surface area (Å²) in [5.41, 5.74) is 5.66. The molecule has 1 aromatic rings. The number of thiophene rings is 1. The number of aliphatic carboxylic acids is 1. The largest absolute Gasteiger partial charge is 0.478 e. The molecule has 21 heavy (non-hydrogen) atoms. The molecular formula is C13H14N2O4S2. The van der Waals surface area contributed by atoms with Crippen LogP contribution >= 0.6 is 23.1 Å². The lowest BCUT2D eigenvalue weighted by Gasteiger charge is -2.06. The number of aliphatic imine (C=N–C) groups is 1. The van der Waals surface area contributed by atoms with E-state index in [1.807, 2.05) is 17.5 Å². The van der Waals surface area contributed by atoms with Gasteiger partial charge in [0.05, 0.1) is 24.1 Å². The fraction of sp³-hybridized carbons (Fsp3) is 0.308. The highest BCUT2D eigenvalue weighted by Gasteiger charge is 2.38. The number of carbonyl (C=O) groups is 2. The van der Waals surface area contributed by atoms with Gasteiger partial charge in [0.15, 0.2) is 0 Å². The maximum absolute atomic E-state index is 11.9. The van der Waals surface area contributed by atoms with Crippen LogP contribution in [-0.4, -0.2) is 34.1 Å². The average molecular weight is 326 g/mol. The molecule has 1 aliphatic heterocycles. The van der Waals surface area contributed by atoms with Gasteiger partial charge in [0.1, 0.15) is 10.6 Å². The molecule has 0 bridgehead atoms. The van der Waals surface area contributed by atoms with Gasteiger partial charge in [-0.05, 0) is 18.4 Å². The molecule has 1 atom stereocenters. The van der Waals surface area contributed by atoms with Crippen molar-refractivity contribution in [1.82, 2.24) is 0 Å².